The molecular formula is C24H27N3O6. The van der Waals surface area contributed by atoms with Crippen LogP contribution in [0.4, 0.5) is 4.79 Å². The molecule has 0 heterocycles. The Balaban J connectivity index is 1.49. The molecule has 0 fully saturated rings. The summed E-state index contributed by atoms with van der Waals surface area (Å²) in [6, 6.07) is 16.0. The summed E-state index contributed by atoms with van der Waals surface area (Å²) in [5.41, 5.74) is 3.46. The fraction of sp³-hybridized carbons (Fsp3) is 0.333. The maximum absolute atomic E-state index is 12.4. The van der Waals surface area contributed by atoms with Gasteiger partial charge in [-0.25, -0.2) is 4.79 Å². The Morgan fingerprint density at radius 2 is 1.45 bits per heavy atom. The monoisotopic (exact) mass is 453 g/mol. The molecule has 9 heteroatoms. The topological polar surface area (TPSA) is 134 Å². The van der Waals surface area contributed by atoms with Gasteiger partial charge in [0.2, 0.25) is 11.8 Å². The third kappa shape index (κ3) is 5.88. The largest absolute Gasteiger partial charge is 0.480 e. The highest BCUT2D eigenvalue weighted by Crippen LogP contribution is 2.44. The van der Waals surface area contributed by atoms with E-state index in [2.05, 4.69) is 28.1 Å². The van der Waals surface area contributed by atoms with Crippen LogP contribution in [0.15, 0.2) is 48.5 Å². The molecular weight excluding hydrogens is 426 g/mol. The SMILES string of the molecule is CC(C)(CNC(=O)OCC1c2ccccc2-c2ccccc21)C(=O)NCC(=O)NCC(=O)O. The maximum atomic E-state index is 12.4. The van der Waals surface area contributed by atoms with Crippen molar-refractivity contribution in [3.05, 3.63) is 59.7 Å². The van der Waals surface area contributed by atoms with Crippen LogP contribution in [0.5, 0.6) is 0 Å². The van der Waals surface area contributed by atoms with E-state index in [0.29, 0.717) is 0 Å². The number of carboxylic acids is 1. The highest BCUT2D eigenvalue weighted by Gasteiger charge is 2.31. The van der Waals surface area contributed by atoms with Gasteiger partial charge in [0.05, 0.1) is 12.0 Å². The number of rotatable bonds is 9. The van der Waals surface area contributed by atoms with E-state index in [-0.39, 0.29) is 25.6 Å². The normalized spacial score (nSPS) is 12.3. The predicted octanol–water partition coefficient (Wildman–Crippen LogP) is 1.87. The first kappa shape index (κ1) is 23.8. The molecule has 4 N–H and O–H groups in total. The Bertz CT molecular complexity index is 1020. The molecule has 1 aliphatic carbocycles. The average Bonchev–Trinajstić information content (AvgIpc) is 3.12. The second-order valence-corrected chi connectivity index (χ2v) is 8.42. The molecule has 3 rings (SSSR count). The summed E-state index contributed by atoms with van der Waals surface area (Å²) in [6.45, 7) is 2.49. The van der Waals surface area contributed by atoms with Crippen molar-refractivity contribution < 1.29 is 29.0 Å². The standard InChI is InChI=1S/C24H27N3O6/c1-24(2,22(31)26-11-20(28)25-12-21(29)30)14-27-23(32)33-13-19-17-9-5-3-7-15(17)16-8-4-6-10-18(16)19/h3-10,19H,11-14H2,1-2H3,(H,25,28)(H,26,31)(H,27,32)(H,29,30). The minimum Gasteiger partial charge on any atom is -0.480 e. The zero-order chi connectivity index (χ0) is 24.0. The first-order valence-electron chi connectivity index (χ1n) is 10.5. The van der Waals surface area contributed by atoms with E-state index >= 15 is 0 Å². The van der Waals surface area contributed by atoms with E-state index in [0.717, 1.165) is 22.3 Å². The Kier molecular flexibility index (Phi) is 7.32. The Morgan fingerprint density at radius 1 is 0.879 bits per heavy atom. The van der Waals surface area contributed by atoms with E-state index in [1.807, 2.05) is 36.4 Å². The van der Waals surface area contributed by atoms with E-state index in [9.17, 15) is 19.2 Å². The first-order valence-corrected chi connectivity index (χ1v) is 10.5. The fourth-order valence-electron chi connectivity index (χ4n) is 3.66. The van der Waals surface area contributed by atoms with Crippen LogP contribution in [0.2, 0.25) is 0 Å². The summed E-state index contributed by atoms with van der Waals surface area (Å²) < 4.78 is 5.47. The highest BCUT2D eigenvalue weighted by atomic mass is 16.5. The van der Waals surface area contributed by atoms with Gasteiger partial charge in [0.15, 0.2) is 0 Å². The molecule has 33 heavy (non-hydrogen) atoms. The molecule has 0 radical (unpaired) electrons. The van der Waals surface area contributed by atoms with Crippen molar-refractivity contribution in [2.45, 2.75) is 19.8 Å². The average molecular weight is 453 g/mol. The number of fused-ring (bicyclic) bond motifs is 3. The molecule has 9 nitrogen and oxygen atoms in total. The number of hydrogen-bond acceptors (Lipinski definition) is 5. The second kappa shape index (κ2) is 10.2. The summed E-state index contributed by atoms with van der Waals surface area (Å²) in [4.78, 5) is 46.7. The number of hydrogen-bond donors (Lipinski definition) is 4. The molecule has 0 spiro atoms. The summed E-state index contributed by atoms with van der Waals surface area (Å²) >= 11 is 0. The van der Waals surface area contributed by atoms with Gasteiger partial charge in [0.25, 0.3) is 0 Å². The van der Waals surface area contributed by atoms with Crippen molar-refractivity contribution in [1.82, 2.24) is 16.0 Å². The maximum Gasteiger partial charge on any atom is 0.407 e. The minimum absolute atomic E-state index is 0.00769. The summed E-state index contributed by atoms with van der Waals surface area (Å²) in [5.74, 6) is -2.33. The van der Waals surface area contributed by atoms with E-state index in [1.54, 1.807) is 13.8 Å². The van der Waals surface area contributed by atoms with Gasteiger partial charge in [-0.2, -0.15) is 0 Å². The number of benzene rings is 2. The smallest absolute Gasteiger partial charge is 0.407 e. The molecule has 0 bridgehead atoms. The van der Waals surface area contributed by atoms with Crippen LogP contribution in [-0.4, -0.2) is 55.2 Å². The zero-order valence-corrected chi connectivity index (χ0v) is 18.5. The van der Waals surface area contributed by atoms with Gasteiger partial charge >= 0.3 is 12.1 Å². The van der Waals surface area contributed by atoms with Gasteiger partial charge < -0.3 is 25.8 Å². The van der Waals surface area contributed by atoms with Crippen LogP contribution in [0.1, 0.15) is 30.9 Å². The molecule has 2 aromatic carbocycles. The van der Waals surface area contributed by atoms with Crippen LogP contribution < -0.4 is 16.0 Å². The quantitative estimate of drug-likeness (QED) is 0.458. The molecule has 0 unspecified atom stereocenters. The Hall–Kier alpha value is -3.88. The van der Waals surface area contributed by atoms with Crippen molar-refractivity contribution in [3.63, 3.8) is 0 Å². The molecule has 0 saturated heterocycles. The van der Waals surface area contributed by atoms with Gasteiger partial charge in [-0.05, 0) is 36.1 Å². The van der Waals surface area contributed by atoms with Crippen molar-refractivity contribution in [2.75, 3.05) is 26.2 Å². The van der Waals surface area contributed by atoms with Crippen LogP contribution in [0.25, 0.3) is 11.1 Å². The fourth-order valence-corrected chi connectivity index (χ4v) is 3.66. The Morgan fingerprint density at radius 3 is 2.03 bits per heavy atom. The number of ether oxygens (including phenoxy) is 1. The van der Waals surface area contributed by atoms with Gasteiger partial charge in [-0.15, -0.1) is 0 Å². The molecule has 1 aliphatic rings. The summed E-state index contributed by atoms with van der Waals surface area (Å²) in [5, 5.41) is 15.7. The number of aliphatic carboxylic acids is 1. The molecule has 0 aliphatic heterocycles. The van der Waals surface area contributed by atoms with Crippen molar-refractivity contribution in [3.8, 4) is 11.1 Å². The van der Waals surface area contributed by atoms with E-state index < -0.39 is 35.8 Å². The van der Waals surface area contributed by atoms with Gasteiger partial charge in [0, 0.05) is 12.5 Å². The predicted molar refractivity (Wildman–Crippen MR) is 121 cm³/mol. The molecule has 0 atom stereocenters. The van der Waals surface area contributed by atoms with E-state index in [1.165, 1.54) is 0 Å². The molecule has 2 aromatic rings. The van der Waals surface area contributed by atoms with Crippen LogP contribution in [0.3, 0.4) is 0 Å². The highest BCUT2D eigenvalue weighted by molar-refractivity contribution is 5.89. The molecule has 0 aromatic heterocycles. The lowest BCUT2D eigenvalue weighted by molar-refractivity contribution is -0.138. The summed E-state index contributed by atoms with van der Waals surface area (Å²) in [7, 11) is 0. The van der Waals surface area contributed by atoms with Gasteiger partial charge in [-0.1, -0.05) is 48.5 Å². The lowest BCUT2D eigenvalue weighted by atomic mass is 9.92. The number of alkyl carbamates (subject to hydrolysis) is 1. The summed E-state index contributed by atoms with van der Waals surface area (Å²) in [6.07, 6.45) is -0.642. The number of carboxylic acid groups (broad SMARTS) is 1. The van der Waals surface area contributed by atoms with Crippen molar-refractivity contribution in [2.24, 2.45) is 5.41 Å². The Labute approximate surface area is 191 Å². The second-order valence-electron chi connectivity index (χ2n) is 8.42. The molecule has 3 amide bonds. The van der Waals surface area contributed by atoms with Gasteiger partial charge in [0.1, 0.15) is 13.2 Å². The zero-order valence-electron chi connectivity index (χ0n) is 18.5. The van der Waals surface area contributed by atoms with Gasteiger partial charge in [-0.3, -0.25) is 14.4 Å². The first-order chi connectivity index (χ1) is 15.7. The van der Waals surface area contributed by atoms with E-state index in [4.69, 9.17) is 9.84 Å². The number of nitrogens with one attached hydrogen (secondary N) is 3. The third-order valence-corrected chi connectivity index (χ3v) is 5.48. The number of amides is 3. The third-order valence-electron chi connectivity index (χ3n) is 5.48. The van der Waals surface area contributed by atoms with Crippen LogP contribution in [-0.2, 0) is 19.1 Å². The number of carbonyl (C=O) groups is 4. The number of carbonyl (C=O) groups excluding carboxylic acids is 3. The lowest BCUT2D eigenvalue weighted by Crippen LogP contribution is -2.48. The van der Waals surface area contributed by atoms with Crippen LogP contribution in [0, 0.1) is 5.41 Å². The minimum atomic E-state index is -1.18. The van der Waals surface area contributed by atoms with Crippen molar-refractivity contribution >= 4 is 23.9 Å². The van der Waals surface area contributed by atoms with Crippen molar-refractivity contribution in [1.29, 1.82) is 0 Å². The van der Waals surface area contributed by atoms with Crippen LogP contribution >= 0.6 is 0 Å². The lowest BCUT2D eigenvalue weighted by Gasteiger charge is -2.24. The molecule has 174 valence electrons. The molecule has 0 saturated carbocycles.